The minimum Gasteiger partial charge on any atom is -0.462 e. The fraction of sp³-hybridized carbons (Fsp3) is 0.125. The van der Waals surface area contributed by atoms with E-state index in [2.05, 4.69) is 4.98 Å². The van der Waals surface area contributed by atoms with Crippen LogP contribution in [-0.4, -0.2) is 33.0 Å². The quantitative estimate of drug-likeness (QED) is 0.392. The van der Waals surface area contributed by atoms with Gasteiger partial charge in [-0.25, -0.2) is 17.5 Å². The summed E-state index contributed by atoms with van der Waals surface area (Å²) in [6, 6.07) is 20.4. The molecule has 33 heavy (non-hydrogen) atoms. The van der Waals surface area contributed by atoms with Crippen molar-refractivity contribution in [2.24, 2.45) is 0 Å². The SMILES string of the molecule is CCOC(=O)c1ccc(S(=O)(=O)N(C)c2oc(-c3cccc4ccccc34)nc2C#N)cc1. The summed E-state index contributed by atoms with van der Waals surface area (Å²) < 4.78 is 37.9. The van der Waals surface area contributed by atoms with Crippen molar-refractivity contribution in [3.8, 4) is 17.5 Å². The van der Waals surface area contributed by atoms with Crippen molar-refractivity contribution < 1.29 is 22.4 Å². The fourth-order valence-electron chi connectivity index (χ4n) is 3.37. The highest BCUT2D eigenvalue weighted by Crippen LogP contribution is 2.34. The first-order chi connectivity index (χ1) is 15.9. The van der Waals surface area contributed by atoms with Crippen LogP contribution in [0, 0.1) is 11.3 Å². The van der Waals surface area contributed by atoms with E-state index in [0.29, 0.717) is 5.56 Å². The average Bonchev–Trinajstić information content (AvgIpc) is 3.27. The Balaban J connectivity index is 1.72. The molecule has 0 spiro atoms. The van der Waals surface area contributed by atoms with Crippen molar-refractivity contribution in [1.29, 1.82) is 5.26 Å². The van der Waals surface area contributed by atoms with Gasteiger partial charge in [0.25, 0.3) is 10.0 Å². The summed E-state index contributed by atoms with van der Waals surface area (Å²) >= 11 is 0. The summed E-state index contributed by atoms with van der Waals surface area (Å²) in [7, 11) is -2.81. The topological polar surface area (TPSA) is 114 Å². The third-order valence-corrected chi connectivity index (χ3v) is 6.80. The zero-order valence-electron chi connectivity index (χ0n) is 17.8. The number of benzene rings is 3. The summed E-state index contributed by atoms with van der Waals surface area (Å²) in [5, 5.41) is 11.4. The normalized spacial score (nSPS) is 11.2. The van der Waals surface area contributed by atoms with Crippen LogP contribution in [0.5, 0.6) is 0 Å². The predicted octanol–water partition coefficient (Wildman–Crippen LogP) is 4.37. The van der Waals surface area contributed by atoms with Crippen molar-refractivity contribution in [3.63, 3.8) is 0 Å². The Morgan fingerprint density at radius 2 is 1.79 bits per heavy atom. The number of oxazole rings is 1. The van der Waals surface area contributed by atoms with Crippen LogP contribution < -0.4 is 4.31 Å². The summed E-state index contributed by atoms with van der Waals surface area (Å²) in [5.41, 5.74) is 0.710. The molecule has 1 heterocycles. The van der Waals surface area contributed by atoms with E-state index in [9.17, 15) is 18.5 Å². The zero-order chi connectivity index (χ0) is 23.6. The number of sulfonamides is 1. The second-order valence-electron chi connectivity index (χ2n) is 7.03. The Morgan fingerprint density at radius 3 is 2.48 bits per heavy atom. The molecule has 1 aromatic heterocycles. The van der Waals surface area contributed by atoms with E-state index in [1.807, 2.05) is 42.5 Å². The Labute approximate surface area is 190 Å². The number of ether oxygens (including phenoxy) is 1. The van der Waals surface area contributed by atoms with Gasteiger partial charge in [0.1, 0.15) is 6.07 Å². The van der Waals surface area contributed by atoms with Crippen molar-refractivity contribution in [1.82, 2.24) is 4.98 Å². The Morgan fingerprint density at radius 1 is 1.09 bits per heavy atom. The van der Waals surface area contributed by atoms with Crippen LogP contribution in [0.15, 0.2) is 76.0 Å². The van der Waals surface area contributed by atoms with Crippen molar-refractivity contribution >= 4 is 32.6 Å². The molecule has 0 radical (unpaired) electrons. The molecule has 0 aliphatic rings. The van der Waals surface area contributed by atoms with E-state index in [1.54, 1.807) is 13.0 Å². The minimum atomic E-state index is -4.09. The second-order valence-corrected chi connectivity index (χ2v) is 9.00. The first-order valence-electron chi connectivity index (χ1n) is 10.0. The first-order valence-corrected chi connectivity index (χ1v) is 11.5. The number of aromatic nitrogens is 1. The largest absolute Gasteiger partial charge is 0.462 e. The zero-order valence-corrected chi connectivity index (χ0v) is 18.7. The minimum absolute atomic E-state index is 0.0787. The maximum Gasteiger partial charge on any atom is 0.338 e. The predicted molar refractivity (Wildman–Crippen MR) is 122 cm³/mol. The number of hydrogen-bond donors (Lipinski definition) is 0. The third-order valence-electron chi connectivity index (χ3n) is 5.05. The van der Waals surface area contributed by atoms with Crippen LogP contribution >= 0.6 is 0 Å². The highest BCUT2D eigenvalue weighted by molar-refractivity contribution is 7.92. The van der Waals surface area contributed by atoms with Crippen molar-refractivity contribution in [2.75, 3.05) is 18.0 Å². The molecule has 9 heteroatoms. The summed E-state index contributed by atoms with van der Waals surface area (Å²) in [6.07, 6.45) is 0. The molecule has 0 aliphatic carbocycles. The van der Waals surface area contributed by atoms with Gasteiger partial charge in [-0.2, -0.15) is 10.2 Å². The number of carbonyl (C=O) groups excluding carboxylic acids is 1. The molecule has 0 aliphatic heterocycles. The highest BCUT2D eigenvalue weighted by atomic mass is 32.2. The molecule has 3 aromatic carbocycles. The number of fused-ring (bicyclic) bond motifs is 1. The standard InChI is InChI=1S/C24H19N3O5S/c1-3-31-24(28)17-11-13-18(14-12-17)33(29,30)27(2)23-21(15-25)26-22(32-23)20-10-6-8-16-7-4-5-9-19(16)20/h4-14H,3H2,1-2H3. The van der Waals surface area contributed by atoms with Crippen LogP contribution in [0.25, 0.3) is 22.2 Å². The molecule has 0 atom stereocenters. The van der Waals surface area contributed by atoms with Gasteiger partial charge in [-0.3, -0.25) is 0 Å². The Hall–Kier alpha value is -4.16. The van der Waals surface area contributed by atoms with Gasteiger partial charge in [-0.05, 0) is 48.0 Å². The van der Waals surface area contributed by atoms with Crippen molar-refractivity contribution in [2.45, 2.75) is 11.8 Å². The van der Waals surface area contributed by atoms with E-state index < -0.39 is 16.0 Å². The fourth-order valence-corrected chi connectivity index (χ4v) is 4.51. The summed E-state index contributed by atoms with van der Waals surface area (Å²) in [6.45, 7) is 1.89. The molecular formula is C24H19N3O5S. The molecule has 0 N–H and O–H groups in total. The van der Waals surface area contributed by atoms with Gasteiger partial charge in [0.05, 0.1) is 17.1 Å². The lowest BCUT2D eigenvalue weighted by Crippen LogP contribution is -2.27. The van der Waals surface area contributed by atoms with E-state index in [1.165, 1.54) is 31.3 Å². The summed E-state index contributed by atoms with van der Waals surface area (Å²) in [4.78, 5) is 16.0. The highest BCUT2D eigenvalue weighted by Gasteiger charge is 2.29. The number of carbonyl (C=O) groups is 1. The number of anilines is 1. The lowest BCUT2D eigenvalue weighted by molar-refractivity contribution is 0.0526. The molecule has 0 amide bonds. The molecule has 0 saturated heterocycles. The van der Waals surface area contributed by atoms with Gasteiger partial charge in [0, 0.05) is 12.6 Å². The number of hydrogen-bond acceptors (Lipinski definition) is 7. The number of esters is 1. The van der Waals surface area contributed by atoms with Gasteiger partial charge in [-0.15, -0.1) is 0 Å². The maximum absolute atomic E-state index is 13.2. The van der Waals surface area contributed by atoms with Crippen LogP contribution in [0.4, 0.5) is 5.88 Å². The Kier molecular flexibility index (Phi) is 5.85. The van der Waals surface area contributed by atoms with Crippen molar-refractivity contribution in [3.05, 3.63) is 78.0 Å². The molecule has 4 aromatic rings. The van der Waals surface area contributed by atoms with Crippen LogP contribution in [0.2, 0.25) is 0 Å². The van der Waals surface area contributed by atoms with E-state index in [4.69, 9.17) is 9.15 Å². The van der Waals surface area contributed by atoms with Gasteiger partial charge in [0.2, 0.25) is 17.5 Å². The molecule has 0 bridgehead atoms. The van der Waals surface area contributed by atoms with Gasteiger partial charge in [-0.1, -0.05) is 36.4 Å². The molecular weight excluding hydrogens is 442 g/mol. The Bertz CT molecular complexity index is 1480. The monoisotopic (exact) mass is 461 g/mol. The van der Waals surface area contributed by atoms with Crippen LogP contribution in [-0.2, 0) is 14.8 Å². The first kappa shape index (κ1) is 22.0. The van der Waals surface area contributed by atoms with Crippen LogP contribution in [0.1, 0.15) is 23.0 Å². The van der Waals surface area contributed by atoms with Gasteiger partial charge in [0.15, 0.2) is 0 Å². The second kappa shape index (κ2) is 8.76. The smallest absolute Gasteiger partial charge is 0.338 e. The van der Waals surface area contributed by atoms with E-state index in [0.717, 1.165) is 15.1 Å². The van der Waals surface area contributed by atoms with Gasteiger partial charge < -0.3 is 9.15 Å². The lowest BCUT2D eigenvalue weighted by Gasteiger charge is -2.16. The van der Waals surface area contributed by atoms with Gasteiger partial charge >= 0.3 is 5.97 Å². The maximum atomic E-state index is 13.2. The van der Waals surface area contributed by atoms with Crippen LogP contribution in [0.3, 0.4) is 0 Å². The number of rotatable bonds is 6. The molecule has 0 saturated carbocycles. The third kappa shape index (κ3) is 4.04. The van der Waals surface area contributed by atoms with E-state index >= 15 is 0 Å². The average molecular weight is 461 g/mol. The molecule has 0 unspecified atom stereocenters. The number of nitrogens with zero attached hydrogens (tertiary/aromatic N) is 3. The summed E-state index contributed by atoms with van der Waals surface area (Å²) in [5.74, 6) is -0.607. The molecule has 4 rings (SSSR count). The lowest BCUT2D eigenvalue weighted by atomic mass is 10.0. The van der Waals surface area contributed by atoms with E-state index in [-0.39, 0.29) is 34.5 Å². The number of nitriles is 1. The molecule has 166 valence electrons. The molecule has 8 nitrogen and oxygen atoms in total. The molecule has 0 fully saturated rings.